The van der Waals surface area contributed by atoms with Crippen molar-refractivity contribution >= 4 is 16.6 Å². The van der Waals surface area contributed by atoms with Gasteiger partial charge in [-0.15, -0.1) is 13.0 Å². The van der Waals surface area contributed by atoms with E-state index in [1.165, 1.54) is 0 Å². The van der Waals surface area contributed by atoms with Gasteiger partial charge in [0, 0.05) is 13.5 Å². The number of hydrogen-bond donors (Lipinski definition) is 0. The fraction of sp³-hybridized carbons (Fsp3) is 0.810. The summed E-state index contributed by atoms with van der Waals surface area (Å²) in [6, 6.07) is 0. The number of terminal acetylenes is 1. The highest BCUT2D eigenvalue weighted by Crippen LogP contribution is 2.40. The minimum atomic E-state index is -1.99. The molecule has 3 nitrogen and oxygen atoms in total. The first-order chi connectivity index (χ1) is 11.5. The van der Waals surface area contributed by atoms with Crippen molar-refractivity contribution < 1.29 is 13.6 Å². The van der Waals surface area contributed by atoms with Gasteiger partial charge in [0.15, 0.2) is 16.6 Å². The molecule has 0 saturated heterocycles. The molecule has 5 heteroatoms. The normalized spacial score (nSPS) is 17.3. The summed E-state index contributed by atoms with van der Waals surface area (Å²) in [7, 11) is -2.26. The zero-order valence-electron chi connectivity index (χ0n) is 19.0. The second kappa shape index (κ2) is 9.21. The van der Waals surface area contributed by atoms with Gasteiger partial charge in [0.25, 0.3) is 0 Å². The van der Waals surface area contributed by atoms with Crippen LogP contribution in [0.3, 0.4) is 0 Å². The maximum Gasteiger partial charge on any atom is 0.192 e. The third kappa shape index (κ3) is 6.97. The standard InChI is InChI=1S/C21H42O3Si2/c1-14-17(23-25(10,11)20(3,4)5)16-19(18(15-2)22-9)24-26(12,13)21(6,7)8/h2,14,17-19H,1,16H2,3-13H3/t17-,18-,19+/m1/s1. The van der Waals surface area contributed by atoms with Crippen molar-refractivity contribution in [1.29, 1.82) is 0 Å². The van der Waals surface area contributed by atoms with Crippen LogP contribution in [0.1, 0.15) is 48.0 Å². The molecule has 0 aliphatic heterocycles. The zero-order valence-corrected chi connectivity index (χ0v) is 21.0. The Labute approximate surface area is 165 Å². The maximum absolute atomic E-state index is 6.64. The van der Waals surface area contributed by atoms with Crippen LogP contribution in [0.15, 0.2) is 12.7 Å². The Kier molecular flexibility index (Phi) is 9.07. The average molecular weight is 399 g/mol. The van der Waals surface area contributed by atoms with E-state index in [-0.39, 0.29) is 22.3 Å². The fourth-order valence-corrected chi connectivity index (χ4v) is 4.73. The molecule has 0 aromatic heterocycles. The predicted molar refractivity (Wildman–Crippen MR) is 119 cm³/mol. The molecule has 0 fully saturated rings. The predicted octanol–water partition coefficient (Wildman–Crippen LogP) is 5.99. The van der Waals surface area contributed by atoms with Gasteiger partial charge in [-0.3, -0.25) is 0 Å². The first kappa shape index (κ1) is 25.6. The first-order valence-corrected chi connectivity index (χ1v) is 15.3. The molecule has 0 bridgehead atoms. The molecule has 0 amide bonds. The van der Waals surface area contributed by atoms with Crippen LogP contribution in [0.2, 0.25) is 36.3 Å². The van der Waals surface area contributed by atoms with Crippen molar-refractivity contribution in [3.05, 3.63) is 12.7 Å². The molecular formula is C21H42O3Si2. The molecule has 0 heterocycles. The van der Waals surface area contributed by atoms with Gasteiger partial charge >= 0.3 is 0 Å². The van der Waals surface area contributed by atoms with Gasteiger partial charge in [0.1, 0.15) is 6.10 Å². The van der Waals surface area contributed by atoms with Gasteiger partial charge in [-0.1, -0.05) is 53.5 Å². The zero-order chi connectivity index (χ0) is 21.0. The molecule has 0 aliphatic carbocycles. The highest BCUT2D eigenvalue weighted by molar-refractivity contribution is 6.74. The minimum absolute atomic E-state index is 0.0993. The highest BCUT2D eigenvalue weighted by atomic mass is 28.4. The van der Waals surface area contributed by atoms with Crippen LogP contribution in [-0.4, -0.2) is 42.1 Å². The first-order valence-electron chi connectivity index (χ1n) is 9.49. The SMILES string of the molecule is C#C[C@@H](OC)[C@H](C[C@@H](C=C)O[Si](C)(C)C(C)(C)C)O[Si](C)(C)C(C)(C)C. The molecule has 0 aromatic carbocycles. The number of hydrogen-bond acceptors (Lipinski definition) is 3. The number of ether oxygens (including phenoxy) is 1. The van der Waals surface area contributed by atoms with Crippen LogP contribution in [0, 0.1) is 12.3 Å². The molecule has 0 spiro atoms. The van der Waals surface area contributed by atoms with Crippen LogP contribution in [-0.2, 0) is 13.6 Å². The van der Waals surface area contributed by atoms with Crippen LogP contribution in [0.4, 0.5) is 0 Å². The van der Waals surface area contributed by atoms with Gasteiger partial charge in [0.2, 0.25) is 0 Å². The van der Waals surface area contributed by atoms with Gasteiger partial charge in [0.05, 0.1) is 12.2 Å². The van der Waals surface area contributed by atoms with Crippen molar-refractivity contribution in [1.82, 2.24) is 0 Å². The van der Waals surface area contributed by atoms with E-state index >= 15 is 0 Å². The highest BCUT2D eigenvalue weighted by Gasteiger charge is 2.43. The fourth-order valence-electron chi connectivity index (χ4n) is 2.09. The molecule has 0 saturated carbocycles. The Morgan fingerprint density at radius 1 is 0.962 bits per heavy atom. The van der Waals surface area contributed by atoms with E-state index in [2.05, 4.69) is 80.2 Å². The van der Waals surface area contributed by atoms with E-state index in [1.807, 2.05) is 6.08 Å². The molecule has 0 aliphatic rings. The van der Waals surface area contributed by atoms with Crippen LogP contribution in [0.25, 0.3) is 0 Å². The Balaban J connectivity index is 5.53. The summed E-state index contributed by atoms with van der Waals surface area (Å²) in [5, 5.41) is 0.235. The lowest BCUT2D eigenvalue weighted by Gasteiger charge is -2.42. The summed E-state index contributed by atoms with van der Waals surface area (Å²) in [5.41, 5.74) is 0. The molecule has 0 rings (SSSR count). The molecule has 3 atom stereocenters. The van der Waals surface area contributed by atoms with Gasteiger partial charge in [-0.05, 0) is 36.3 Å². The number of methoxy groups -OCH3 is 1. The van der Waals surface area contributed by atoms with Crippen molar-refractivity contribution in [2.24, 2.45) is 0 Å². The number of rotatable bonds is 9. The van der Waals surface area contributed by atoms with Gasteiger partial charge in [-0.2, -0.15) is 0 Å². The summed E-state index contributed by atoms with van der Waals surface area (Å²) < 4.78 is 18.7. The van der Waals surface area contributed by atoms with Crippen LogP contribution in [0.5, 0.6) is 0 Å². The van der Waals surface area contributed by atoms with E-state index < -0.39 is 22.7 Å². The van der Waals surface area contributed by atoms with Crippen molar-refractivity contribution in [3.63, 3.8) is 0 Å². The Morgan fingerprint density at radius 2 is 1.38 bits per heavy atom. The topological polar surface area (TPSA) is 27.7 Å². The van der Waals surface area contributed by atoms with E-state index in [0.717, 1.165) is 0 Å². The molecule has 0 aromatic rings. The van der Waals surface area contributed by atoms with Gasteiger partial charge < -0.3 is 13.6 Å². The second-order valence-corrected chi connectivity index (χ2v) is 19.6. The Bertz CT molecular complexity index is 493. The van der Waals surface area contributed by atoms with Crippen molar-refractivity contribution in [3.8, 4) is 12.3 Å². The smallest absolute Gasteiger partial charge is 0.192 e. The molecule has 0 radical (unpaired) electrons. The van der Waals surface area contributed by atoms with Crippen LogP contribution < -0.4 is 0 Å². The molecule has 0 unspecified atom stereocenters. The summed E-state index contributed by atoms with van der Waals surface area (Å²) >= 11 is 0. The third-order valence-electron chi connectivity index (χ3n) is 5.99. The maximum atomic E-state index is 6.64. The van der Waals surface area contributed by atoms with E-state index in [1.54, 1.807) is 7.11 Å². The lowest BCUT2D eigenvalue weighted by atomic mass is 10.1. The van der Waals surface area contributed by atoms with E-state index in [0.29, 0.717) is 6.42 Å². The second-order valence-electron chi connectivity index (χ2n) is 10.1. The Morgan fingerprint density at radius 3 is 1.69 bits per heavy atom. The van der Waals surface area contributed by atoms with Crippen LogP contribution >= 0.6 is 0 Å². The van der Waals surface area contributed by atoms with E-state index in [9.17, 15) is 0 Å². The third-order valence-corrected chi connectivity index (χ3v) is 15.0. The summed E-state index contributed by atoms with van der Waals surface area (Å²) in [6.07, 6.45) is 7.56. The summed E-state index contributed by atoms with van der Waals surface area (Å²) in [6.45, 7) is 26.4. The van der Waals surface area contributed by atoms with E-state index in [4.69, 9.17) is 20.0 Å². The summed E-state index contributed by atoms with van der Waals surface area (Å²) in [5.74, 6) is 2.74. The molecule has 26 heavy (non-hydrogen) atoms. The molecular weight excluding hydrogens is 356 g/mol. The molecule has 152 valence electrons. The largest absolute Gasteiger partial charge is 0.410 e. The van der Waals surface area contributed by atoms with Crippen molar-refractivity contribution in [2.45, 2.75) is 103 Å². The molecule has 0 N–H and O–H groups in total. The average Bonchev–Trinajstić information content (AvgIpc) is 2.44. The Hall–Kier alpha value is -0.386. The summed E-state index contributed by atoms with van der Waals surface area (Å²) in [4.78, 5) is 0. The lowest BCUT2D eigenvalue weighted by molar-refractivity contribution is 0.00937. The lowest BCUT2D eigenvalue weighted by Crippen LogP contribution is -2.49. The van der Waals surface area contributed by atoms with Gasteiger partial charge in [-0.25, -0.2) is 0 Å². The monoisotopic (exact) mass is 398 g/mol. The quantitative estimate of drug-likeness (QED) is 0.271. The minimum Gasteiger partial charge on any atom is -0.410 e. The van der Waals surface area contributed by atoms with Crippen molar-refractivity contribution in [2.75, 3.05) is 7.11 Å².